The van der Waals surface area contributed by atoms with Crippen molar-refractivity contribution in [1.29, 1.82) is 0 Å². The SMILES string of the molecule is CC1COC1CC(Cl)Cl. The van der Waals surface area contributed by atoms with Gasteiger partial charge >= 0.3 is 0 Å². The van der Waals surface area contributed by atoms with Gasteiger partial charge in [0.05, 0.1) is 12.7 Å². The van der Waals surface area contributed by atoms with Crippen LogP contribution in [0.3, 0.4) is 0 Å². The summed E-state index contributed by atoms with van der Waals surface area (Å²) in [4.78, 5) is -0.266. The zero-order valence-electron chi connectivity index (χ0n) is 5.31. The van der Waals surface area contributed by atoms with Gasteiger partial charge in [0.2, 0.25) is 0 Å². The fourth-order valence-corrected chi connectivity index (χ4v) is 1.25. The number of rotatable bonds is 2. The van der Waals surface area contributed by atoms with Gasteiger partial charge in [-0.3, -0.25) is 0 Å². The highest BCUT2D eigenvalue weighted by atomic mass is 35.5. The Morgan fingerprint density at radius 2 is 2.33 bits per heavy atom. The van der Waals surface area contributed by atoms with Crippen molar-refractivity contribution in [3.8, 4) is 0 Å². The maximum absolute atomic E-state index is 5.54. The summed E-state index contributed by atoms with van der Waals surface area (Å²) < 4.78 is 5.18. The molecule has 1 aliphatic rings. The number of hydrogen-bond donors (Lipinski definition) is 0. The number of ether oxygens (including phenoxy) is 1. The molecule has 0 amide bonds. The van der Waals surface area contributed by atoms with Gasteiger partial charge in [0.1, 0.15) is 4.84 Å². The Hall–Kier alpha value is 0.540. The van der Waals surface area contributed by atoms with Crippen molar-refractivity contribution >= 4 is 23.2 Å². The summed E-state index contributed by atoms with van der Waals surface area (Å²) in [5, 5.41) is 0. The monoisotopic (exact) mass is 168 g/mol. The van der Waals surface area contributed by atoms with Crippen LogP contribution in [-0.2, 0) is 4.74 Å². The van der Waals surface area contributed by atoms with Crippen molar-refractivity contribution < 1.29 is 4.74 Å². The van der Waals surface area contributed by atoms with Gasteiger partial charge < -0.3 is 4.74 Å². The molecule has 0 aromatic carbocycles. The summed E-state index contributed by atoms with van der Waals surface area (Å²) in [6.07, 6.45) is 1.08. The molecule has 0 aromatic rings. The van der Waals surface area contributed by atoms with Crippen molar-refractivity contribution in [3.05, 3.63) is 0 Å². The molecule has 0 aliphatic carbocycles. The van der Waals surface area contributed by atoms with E-state index in [4.69, 9.17) is 27.9 Å². The zero-order valence-corrected chi connectivity index (χ0v) is 6.82. The van der Waals surface area contributed by atoms with E-state index in [9.17, 15) is 0 Å². The lowest BCUT2D eigenvalue weighted by atomic mass is 9.98. The molecule has 1 rings (SSSR count). The van der Waals surface area contributed by atoms with Crippen LogP contribution in [0.25, 0.3) is 0 Å². The number of alkyl halides is 2. The Morgan fingerprint density at radius 3 is 2.44 bits per heavy atom. The van der Waals surface area contributed by atoms with E-state index in [1.165, 1.54) is 0 Å². The second-order valence-corrected chi connectivity index (χ2v) is 3.75. The van der Waals surface area contributed by atoms with Crippen LogP contribution >= 0.6 is 23.2 Å². The van der Waals surface area contributed by atoms with E-state index >= 15 is 0 Å². The van der Waals surface area contributed by atoms with Crippen molar-refractivity contribution in [2.75, 3.05) is 6.61 Å². The molecule has 0 saturated carbocycles. The summed E-state index contributed by atoms with van der Waals surface area (Å²) >= 11 is 11.1. The molecule has 1 saturated heterocycles. The normalized spacial score (nSPS) is 34.7. The van der Waals surface area contributed by atoms with E-state index < -0.39 is 0 Å². The molecule has 0 bridgehead atoms. The lowest BCUT2D eigenvalue weighted by Crippen LogP contribution is -2.38. The topological polar surface area (TPSA) is 9.23 Å². The van der Waals surface area contributed by atoms with Gasteiger partial charge in [-0.15, -0.1) is 23.2 Å². The Morgan fingerprint density at radius 1 is 1.67 bits per heavy atom. The molecule has 54 valence electrons. The molecule has 0 radical (unpaired) electrons. The second kappa shape index (κ2) is 3.09. The van der Waals surface area contributed by atoms with Crippen molar-refractivity contribution in [3.63, 3.8) is 0 Å². The van der Waals surface area contributed by atoms with Crippen LogP contribution in [0.5, 0.6) is 0 Å². The second-order valence-electron chi connectivity index (χ2n) is 2.48. The summed E-state index contributed by atoms with van der Waals surface area (Å²) in [5.41, 5.74) is 0. The maximum Gasteiger partial charge on any atom is 0.110 e. The van der Waals surface area contributed by atoms with Gasteiger partial charge in [-0.1, -0.05) is 6.92 Å². The minimum Gasteiger partial charge on any atom is -0.377 e. The van der Waals surface area contributed by atoms with Crippen LogP contribution in [0, 0.1) is 5.92 Å². The first kappa shape index (κ1) is 7.64. The van der Waals surface area contributed by atoms with Gasteiger partial charge in [-0.05, 0) is 0 Å². The first-order valence-corrected chi connectivity index (χ1v) is 3.97. The summed E-state index contributed by atoms with van der Waals surface area (Å²) in [7, 11) is 0. The lowest BCUT2D eigenvalue weighted by Gasteiger charge is -2.34. The number of halogens is 2. The van der Waals surface area contributed by atoms with Gasteiger partial charge in [0, 0.05) is 12.3 Å². The molecule has 0 spiro atoms. The standard InChI is InChI=1S/C6H10Cl2O/c1-4-3-9-5(4)2-6(7)8/h4-6H,2-3H2,1H3. The third-order valence-corrected chi connectivity index (χ3v) is 1.97. The quantitative estimate of drug-likeness (QED) is 0.576. The molecule has 3 heteroatoms. The van der Waals surface area contributed by atoms with Gasteiger partial charge in [0.15, 0.2) is 0 Å². The van der Waals surface area contributed by atoms with Crippen LogP contribution in [0.2, 0.25) is 0 Å². The molecular formula is C6H10Cl2O. The highest BCUT2D eigenvalue weighted by Gasteiger charge is 2.28. The van der Waals surface area contributed by atoms with Gasteiger partial charge in [0.25, 0.3) is 0 Å². The average molecular weight is 169 g/mol. The molecule has 1 heterocycles. The minimum atomic E-state index is -0.266. The first-order valence-electron chi connectivity index (χ1n) is 3.10. The Kier molecular flexibility index (Phi) is 2.62. The Bertz CT molecular complexity index is 95.1. The van der Waals surface area contributed by atoms with Crippen LogP contribution in [0.1, 0.15) is 13.3 Å². The van der Waals surface area contributed by atoms with E-state index in [1.807, 2.05) is 0 Å². The van der Waals surface area contributed by atoms with Crippen molar-refractivity contribution in [2.24, 2.45) is 5.92 Å². The van der Waals surface area contributed by atoms with Crippen LogP contribution in [0.4, 0.5) is 0 Å². The fraction of sp³-hybridized carbons (Fsp3) is 1.00. The summed E-state index contributed by atoms with van der Waals surface area (Å²) in [6.45, 7) is 3.01. The molecule has 1 nitrogen and oxygen atoms in total. The maximum atomic E-state index is 5.54. The highest BCUT2D eigenvalue weighted by Crippen LogP contribution is 2.26. The molecular weight excluding hydrogens is 159 g/mol. The lowest BCUT2D eigenvalue weighted by molar-refractivity contribution is -0.107. The molecule has 0 aromatic heterocycles. The Labute approximate surface area is 65.3 Å². The molecule has 2 unspecified atom stereocenters. The molecule has 0 N–H and O–H groups in total. The third-order valence-electron chi connectivity index (χ3n) is 1.62. The Balaban J connectivity index is 2.13. The predicted octanol–water partition coefficient (Wildman–Crippen LogP) is 2.22. The predicted molar refractivity (Wildman–Crippen MR) is 39.0 cm³/mol. The van der Waals surface area contributed by atoms with E-state index in [0.717, 1.165) is 13.0 Å². The summed E-state index contributed by atoms with van der Waals surface area (Å²) in [5.74, 6) is 0.644. The molecule has 1 aliphatic heterocycles. The largest absolute Gasteiger partial charge is 0.377 e. The van der Waals surface area contributed by atoms with Crippen LogP contribution < -0.4 is 0 Å². The smallest absolute Gasteiger partial charge is 0.110 e. The molecule has 2 atom stereocenters. The van der Waals surface area contributed by atoms with Gasteiger partial charge in [-0.2, -0.15) is 0 Å². The molecule has 9 heavy (non-hydrogen) atoms. The van der Waals surface area contributed by atoms with E-state index in [2.05, 4.69) is 6.92 Å². The van der Waals surface area contributed by atoms with Crippen molar-refractivity contribution in [1.82, 2.24) is 0 Å². The molecule has 1 fully saturated rings. The van der Waals surface area contributed by atoms with Crippen LogP contribution in [0.15, 0.2) is 0 Å². The van der Waals surface area contributed by atoms with E-state index in [0.29, 0.717) is 12.0 Å². The van der Waals surface area contributed by atoms with Crippen LogP contribution in [-0.4, -0.2) is 17.5 Å². The van der Waals surface area contributed by atoms with E-state index in [1.54, 1.807) is 0 Å². The number of hydrogen-bond acceptors (Lipinski definition) is 1. The van der Waals surface area contributed by atoms with Crippen molar-refractivity contribution in [2.45, 2.75) is 24.3 Å². The van der Waals surface area contributed by atoms with E-state index in [-0.39, 0.29) is 4.84 Å². The minimum absolute atomic E-state index is 0.266. The average Bonchev–Trinajstić information content (AvgIpc) is 1.79. The highest BCUT2D eigenvalue weighted by molar-refractivity contribution is 6.44. The summed E-state index contributed by atoms with van der Waals surface area (Å²) in [6, 6.07) is 0. The first-order chi connectivity index (χ1) is 4.20. The zero-order chi connectivity index (χ0) is 6.85. The fourth-order valence-electron chi connectivity index (χ4n) is 0.901. The third kappa shape index (κ3) is 1.99. The van der Waals surface area contributed by atoms with Gasteiger partial charge in [-0.25, -0.2) is 0 Å².